The Bertz CT molecular complexity index is 1380. The van der Waals surface area contributed by atoms with Crippen LogP contribution in [0.1, 0.15) is 5.82 Å². The number of fused-ring (bicyclic) bond motifs is 1. The van der Waals surface area contributed by atoms with Crippen molar-refractivity contribution in [1.82, 2.24) is 30.8 Å². The van der Waals surface area contributed by atoms with Crippen LogP contribution in [0, 0.1) is 21.4 Å². The lowest BCUT2D eigenvalue weighted by atomic mass is 10.0. The maximum absolute atomic E-state index is 12.0. The molecule has 0 amide bonds. The van der Waals surface area contributed by atoms with E-state index in [0.29, 0.717) is 22.0 Å². The third-order valence-electron chi connectivity index (χ3n) is 4.24. The zero-order chi connectivity index (χ0) is 21.1. The first-order chi connectivity index (χ1) is 14.6. The van der Waals surface area contributed by atoms with Gasteiger partial charge in [0.15, 0.2) is 0 Å². The second kappa shape index (κ2) is 7.60. The molecule has 0 radical (unpaired) electrons. The summed E-state index contributed by atoms with van der Waals surface area (Å²) in [5, 5.41) is 44.0. The lowest BCUT2D eigenvalue weighted by molar-refractivity contribution is -0.383. The fourth-order valence-electron chi connectivity index (χ4n) is 2.86. The van der Waals surface area contributed by atoms with Gasteiger partial charge < -0.3 is 5.32 Å². The van der Waals surface area contributed by atoms with Crippen LogP contribution in [0.5, 0.6) is 0 Å². The first-order valence-electron chi connectivity index (χ1n) is 8.45. The Morgan fingerprint density at radius 2 is 2.00 bits per heavy atom. The number of nitrogens with zero attached hydrogens (tertiary/aromatic N) is 6. The molecule has 3 N–H and O–H groups in total. The molecular weight excluding hydrogens is 390 g/mol. The molecule has 0 saturated carbocycles. The number of H-pyrrole nitrogens is 2. The van der Waals surface area contributed by atoms with Crippen LogP contribution in [0.25, 0.3) is 27.6 Å². The highest BCUT2D eigenvalue weighted by Gasteiger charge is 2.18. The molecule has 146 valence electrons. The minimum atomic E-state index is -0.562. The zero-order valence-electron chi connectivity index (χ0n) is 15.0. The fourth-order valence-corrected chi connectivity index (χ4v) is 2.86. The van der Waals surface area contributed by atoms with Gasteiger partial charge in [0.25, 0.3) is 11.2 Å². The van der Waals surface area contributed by atoms with E-state index in [1.54, 1.807) is 30.3 Å². The minimum absolute atomic E-state index is 0.0374. The van der Waals surface area contributed by atoms with E-state index in [0.717, 1.165) is 0 Å². The summed E-state index contributed by atoms with van der Waals surface area (Å²) in [7, 11) is 0. The van der Waals surface area contributed by atoms with Crippen molar-refractivity contribution in [1.29, 1.82) is 5.26 Å². The van der Waals surface area contributed by atoms with Gasteiger partial charge in [0.05, 0.1) is 16.0 Å². The van der Waals surface area contributed by atoms with E-state index in [1.807, 2.05) is 6.07 Å². The highest BCUT2D eigenvalue weighted by Crippen LogP contribution is 2.32. The predicted molar refractivity (Wildman–Crippen MR) is 106 cm³/mol. The number of tetrazole rings is 1. The molecule has 0 aliphatic heterocycles. The maximum atomic E-state index is 12.0. The number of rotatable bonds is 5. The number of hydrogen-bond acceptors (Lipinski definition) is 9. The molecular formula is C18H11N9O3. The molecule has 0 aliphatic rings. The number of allylic oxidation sites excluding steroid dienone is 1. The normalized spacial score (nSPS) is 11.2. The smallest absolute Gasteiger partial charge is 0.293 e. The van der Waals surface area contributed by atoms with Gasteiger partial charge in [-0.05, 0) is 17.3 Å². The summed E-state index contributed by atoms with van der Waals surface area (Å²) in [5.74, 6) is 0.0492. The second-order valence-electron chi connectivity index (χ2n) is 5.99. The van der Waals surface area contributed by atoms with E-state index in [-0.39, 0.29) is 28.3 Å². The Kier molecular flexibility index (Phi) is 4.67. The van der Waals surface area contributed by atoms with E-state index >= 15 is 0 Å². The first-order valence-corrected chi connectivity index (χ1v) is 8.45. The number of aromatic nitrogens is 6. The molecule has 0 atom stereocenters. The monoisotopic (exact) mass is 401 g/mol. The van der Waals surface area contributed by atoms with Crippen molar-refractivity contribution in [2.24, 2.45) is 0 Å². The maximum Gasteiger partial charge on any atom is 0.293 e. The molecule has 0 unspecified atom stereocenters. The van der Waals surface area contributed by atoms with Crippen LogP contribution in [-0.4, -0.2) is 35.7 Å². The van der Waals surface area contributed by atoms with Gasteiger partial charge in [-0.15, -0.1) is 10.2 Å². The molecule has 4 rings (SSSR count). The summed E-state index contributed by atoms with van der Waals surface area (Å²) >= 11 is 0. The van der Waals surface area contributed by atoms with Gasteiger partial charge in [-0.3, -0.25) is 14.9 Å². The molecule has 2 aromatic heterocycles. The Balaban J connectivity index is 1.77. The van der Waals surface area contributed by atoms with Crippen LogP contribution >= 0.6 is 0 Å². The standard InChI is InChI=1S/C18H11N9O3/c19-8-11(17-22-25-26-23-17)9-20-14-6-5-10(7-15(14)27(29)30)16-12-3-1-2-4-13(12)18(28)24-21-16/h1-7,9,20H,(H,24,28)(H,22,23,25,26). The fraction of sp³-hybridized carbons (Fsp3) is 0. The summed E-state index contributed by atoms with van der Waals surface area (Å²) in [6.45, 7) is 0. The van der Waals surface area contributed by atoms with Crippen molar-refractivity contribution >= 4 is 27.7 Å². The molecule has 30 heavy (non-hydrogen) atoms. The number of nitriles is 1. The van der Waals surface area contributed by atoms with Crippen molar-refractivity contribution < 1.29 is 4.92 Å². The molecule has 0 saturated heterocycles. The van der Waals surface area contributed by atoms with Crippen LogP contribution < -0.4 is 10.9 Å². The van der Waals surface area contributed by atoms with E-state index in [4.69, 9.17) is 0 Å². The Morgan fingerprint density at radius 1 is 1.20 bits per heavy atom. The number of nitro groups is 1. The predicted octanol–water partition coefficient (Wildman–Crippen LogP) is 1.99. The van der Waals surface area contributed by atoms with E-state index < -0.39 is 4.92 Å². The van der Waals surface area contributed by atoms with Crippen molar-refractivity contribution in [2.45, 2.75) is 0 Å². The van der Waals surface area contributed by atoms with Gasteiger partial charge in [-0.25, -0.2) is 5.10 Å². The average molecular weight is 401 g/mol. The van der Waals surface area contributed by atoms with Crippen molar-refractivity contribution in [3.63, 3.8) is 0 Å². The highest BCUT2D eigenvalue weighted by atomic mass is 16.6. The largest absolute Gasteiger partial charge is 0.355 e. The number of nitrogens with one attached hydrogen (secondary N) is 3. The lowest BCUT2D eigenvalue weighted by Gasteiger charge is -2.08. The molecule has 12 heteroatoms. The minimum Gasteiger partial charge on any atom is -0.355 e. The van der Waals surface area contributed by atoms with Crippen LogP contribution in [0.15, 0.2) is 53.5 Å². The summed E-state index contributed by atoms with van der Waals surface area (Å²) in [6, 6.07) is 13.2. The molecule has 0 aliphatic carbocycles. The Hall–Kier alpha value is -4.92. The highest BCUT2D eigenvalue weighted by molar-refractivity contribution is 5.94. The Labute approximate surface area is 167 Å². The van der Waals surface area contributed by atoms with Crippen LogP contribution in [0.2, 0.25) is 0 Å². The summed E-state index contributed by atoms with van der Waals surface area (Å²) < 4.78 is 0. The average Bonchev–Trinajstić information content (AvgIpc) is 3.29. The number of nitro benzene ring substituents is 1. The molecule has 2 aromatic carbocycles. The van der Waals surface area contributed by atoms with Gasteiger partial charge in [-0.2, -0.15) is 15.6 Å². The van der Waals surface area contributed by atoms with Gasteiger partial charge in [0, 0.05) is 23.2 Å². The topological polar surface area (TPSA) is 179 Å². The zero-order valence-corrected chi connectivity index (χ0v) is 15.0. The summed E-state index contributed by atoms with van der Waals surface area (Å²) in [6.07, 6.45) is 1.25. The van der Waals surface area contributed by atoms with Crippen molar-refractivity contribution in [2.75, 3.05) is 5.32 Å². The van der Waals surface area contributed by atoms with Gasteiger partial charge >= 0.3 is 0 Å². The number of aromatic amines is 2. The number of benzene rings is 2. The van der Waals surface area contributed by atoms with Crippen LogP contribution in [0.4, 0.5) is 11.4 Å². The van der Waals surface area contributed by atoms with Gasteiger partial charge in [0.2, 0.25) is 5.82 Å². The van der Waals surface area contributed by atoms with E-state index in [1.165, 1.54) is 18.3 Å². The van der Waals surface area contributed by atoms with E-state index in [9.17, 15) is 20.2 Å². The third kappa shape index (κ3) is 3.34. The molecule has 0 spiro atoms. The second-order valence-corrected chi connectivity index (χ2v) is 5.99. The molecule has 4 aromatic rings. The van der Waals surface area contributed by atoms with E-state index in [2.05, 4.69) is 36.1 Å². The van der Waals surface area contributed by atoms with Gasteiger partial charge in [-0.1, -0.05) is 24.3 Å². The number of anilines is 1. The van der Waals surface area contributed by atoms with Crippen LogP contribution in [0.3, 0.4) is 0 Å². The molecule has 2 heterocycles. The quantitative estimate of drug-likeness (QED) is 0.256. The number of hydrogen-bond donors (Lipinski definition) is 3. The summed E-state index contributed by atoms with van der Waals surface area (Å²) in [5.41, 5.74) is 0.440. The van der Waals surface area contributed by atoms with Crippen LogP contribution in [-0.2, 0) is 0 Å². The lowest BCUT2D eigenvalue weighted by Crippen LogP contribution is -2.09. The van der Waals surface area contributed by atoms with Crippen molar-refractivity contribution in [3.05, 3.63) is 75.0 Å². The summed E-state index contributed by atoms with van der Waals surface area (Å²) in [4.78, 5) is 23.0. The van der Waals surface area contributed by atoms with Gasteiger partial charge in [0.1, 0.15) is 17.3 Å². The third-order valence-corrected chi connectivity index (χ3v) is 4.24. The Morgan fingerprint density at radius 3 is 2.70 bits per heavy atom. The van der Waals surface area contributed by atoms with Crippen molar-refractivity contribution in [3.8, 4) is 17.3 Å². The SMILES string of the molecule is N#CC(=CNc1ccc(-c2n[nH]c(=O)c3ccccc23)cc1[N+](=O)[O-])c1nn[nH]n1. The first kappa shape index (κ1) is 18.4. The molecule has 12 nitrogen and oxygen atoms in total. The molecule has 0 fully saturated rings. The molecule has 0 bridgehead atoms.